The lowest BCUT2D eigenvalue weighted by atomic mass is 10.3. The zero-order valence-electron chi connectivity index (χ0n) is 35.7. The molecule has 0 nitrogen and oxygen atoms in total. The minimum absolute atomic E-state index is 1.03. The zero-order chi connectivity index (χ0) is 41.7. The Morgan fingerprint density at radius 1 is 0.263 bits per heavy atom. The Balaban J connectivity index is 2.13. The van der Waals surface area contributed by atoms with Crippen molar-refractivity contribution in [1.82, 2.24) is 0 Å². The molecule has 0 unspecified atom stereocenters. The van der Waals surface area contributed by atoms with Gasteiger partial charge in [0.1, 0.15) is 0 Å². The first-order valence-corrected chi connectivity index (χ1v) is 34.3. The van der Waals surface area contributed by atoms with Crippen LogP contribution < -0.4 is 41.5 Å². The third-order valence-electron chi connectivity index (χ3n) is 12.8. The molecule has 0 aliphatic rings. The SMILES string of the molecule is C=CC[Si](C)(CC=C)c1ccc([Si](c2ccc([Si](C)(CC=C)CC=C)cc2)(c2ccc([Si](C)(CC=C)CC=C)cc2)c2ccc([Si](C)(CC=C)CC=C)cc2)cc1. The van der Waals surface area contributed by atoms with Crippen LogP contribution in [0, 0.1) is 0 Å². The zero-order valence-corrected chi connectivity index (χ0v) is 40.7. The van der Waals surface area contributed by atoms with Crippen LogP contribution in [0.5, 0.6) is 0 Å². The maximum absolute atomic E-state index is 4.15. The van der Waals surface area contributed by atoms with E-state index in [1.807, 2.05) is 0 Å². The molecule has 0 spiro atoms. The summed E-state index contributed by atoms with van der Waals surface area (Å²) >= 11 is 0. The van der Waals surface area contributed by atoms with E-state index in [2.05, 4.69) is 224 Å². The van der Waals surface area contributed by atoms with Gasteiger partial charge in [0.15, 0.2) is 8.07 Å². The van der Waals surface area contributed by atoms with E-state index in [0.717, 1.165) is 48.4 Å². The molecule has 0 aromatic heterocycles. The van der Waals surface area contributed by atoms with Crippen molar-refractivity contribution >= 4 is 81.9 Å². The predicted octanol–water partition coefficient (Wildman–Crippen LogP) is 9.69. The average Bonchev–Trinajstić information content (AvgIpc) is 3.20. The van der Waals surface area contributed by atoms with Crippen molar-refractivity contribution in [3.8, 4) is 0 Å². The van der Waals surface area contributed by atoms with E-state index < -0.39 is 40.4 Å². The Morgan fingerprint density at radius 2 is 0.386 bits per heavy atom. The molecule has 57 heavy (non-hydrogen) atoms. The molecule has 0 fully saturated rings. The van der Waals surface area contributed by atoms with Crippen molar-refractivity contribution < 1.29 is 0 Å². The summed E-state index contributed by atoms with van der Waals surface area (Å²) in [5.74, 6) is 0. The molecule has 0 heterocycles. The quantitative estimate of drug-likeness (QED) is 0.0375. The first-order valence-electron chi connectivity index (χ1n) is 20.6. The molecule has 0 aliphatic carbocycles. The van der Waals surface area contributed by atoms with E-state index >= 15 is 0 Å². The number of rotatable bonds is 24. The van der Waals surface area contributed by atoms with Crippen LogP contribution in [-0.4, -0.2) is 40.4 Å². The molecule has 4 aromatic rings. The smallest absolute Gasteiger partial charge is 0.103 e. The van der Waals surface area contributed by atoms with E-state index in [4.69, 9.17) is 0 Å². The number of hydrogen-bond donors (Lipinski definition) is 0. The highest BCUT2D eigenvalue weighted by Gasteiger charge is 2.43. The third-order valence-corrected chi connectivity index (χ3v) is 34.0. The van der Waals surface area contributed by atoms with E-state index in [1.165, 1.54) is 41.5 Å². The summed E-state index contributed by atoms with van der Waals surface area (Å²) in [7, 11) is -10.2. The predicted molar refractivity (Wildman–Crippen MR) is 275 cm³/mol. The molecule has 0 bridgehead atoms. The van der Waals surface area contributed by atoms with Gasteiger partial charge in [-0.3, -0.25) is 0 Å². The van der Waals surface area contributed by atoms with Gasteiger partial charge in [0.2, 0.25) is 0 Å². The molecule has 5 heteroatoms. The highest BCUT2D eigenvalue weighted by atomic mass is 28.3. The number of hydrogen-bond acceptors (Lipinski definition) is 0. The second-order valence-corrected chi connectivity index (χ2v) is 39.1. The van der Waals surface area contributed by atoms with Crippen molar-refractivity contribution in [3.05, 3.63) is 198 Å². The molecule has 0 saturated carbocycles. The largest absolute Gasteiger partial charge is 0.179 e. The van der Waals surface area contributed by atoms with Gasteiger partial charge in [-0.2, -0.15) is 0 Å². The Labute approximate surface area is 352 Å². The minimum Gasteiger partial charge on any atom is -0.103 e. The first kappa shape index (κ1) is 45.6. The summed E-state index contributed by atoms with van der Waals surface area (Å²) in [6.07, 6.45) is 16.8. The Bertz CT molecular complexity index is 1680. The highest BCUT2D eigenvalue weighted by Crippen LogP contribution is 2.22. The summed E-state index contributed by atoms with van der Waals surface area (Å²) in [6, 6.07) is 47.6. The topological polar surface area (TPSA) is 0 Å². The summed E-state index contributed by atoms with van der Waals surface area (Å²) in [4.78, 5) is 0. The fourth-order valence-corrected chi connectivity index (χ4v) is 25.5. The highest BCUT2D eigenvalue weighted by molar-refractivity contribution is 7.20. The summed E-state index contributed by atoms with van der Waals surface area (Å²) in [5.41, 5.74) is 0. The lowest BCUT2D eigenvalue weighted by Crippen LogP contribution is -2.75. The van der Waals surface area contributed by atoms with Crippen LogP contribution in [0.25, 0.3) is 0 Å². The first-order chi connectivity index (χ1) is 27.3. The number of allylic oxidation sites excluding steroid dienone is 8. The molecule has 0 saturated heterocycles. The summed E-state index contributed by atoms with van der Waals surface area (Å²) in [5, 5.41) is 11.4. The van der Waals surface area contributed by atoms with Crippen molar-refractivity contribution in [1.29, 1.82) is 0 Å². The van der Waals surface area contributed by atoms with E-state index in [1.54, 1.807) is 0 Å². The van der Waals surface area contributed by atoms with Gasteiger partial charge in [-0.25, -0.2) is 0 Å². The molecule has 296 valence electrons. The second kappa shape index (κ2) is 20.0. The molecule has 0 atom stereocenters. The van der Waals surface area contributed by atoms with Crippen molar-refractivity contribution in [3.63, 3.8) is 0 Å². The molecule has 4 aromatic carbocycles. The maximum atomic E-state index is 4.15. The van der Waals surface area contributed by atoms with E-state index in [9.17, 15) is 0 Å². The van der Waals surface area contributed by atoms with Crippen LogP contribution in [-0.2, 0) is 0 Å². The van der Waals surface area contributed by atoms with Crippen molar-refractivity contribution in [2.45, 2.75) is 74.5 Å². The second-order valence-electron chi connectivity index (χ2n) is 17.2. The fourth-order valence-electron chi connectivity index (χ4n) is 9.32. The van der Waals surface area contributed by atoms with Gasteiger partial charge < -0.3 is 0 Å². The molecule has 0 amide bonds. The molecule has 0 aliphatic heterocycles. The minimum atomic E-state index is -2.88. The van der Waals surface area contributed by atoms with Crippen molar-refractivity contribution in [2.75, 3.05) is 0 Å². The Kier molecular flexibility index (Phi) is 16.0. The van der Waals surface area contributed by atoms with Crippen LogP contribution in [0.3, 0.4) is 0 Å². The lowest BCUT2D eigenvalue weighted by molar-refractivity contribution is 1.45. The lowest BCUT2D eigenvalue weighted by Gasteiger charge is -2.37. The molecule has 0 radical (unpaired) electrons. The van der Waals surface area contributed by atoms with Crippen LogP contribution in [0.4, 0.5) is 0 Å². The van der Waals surface area contributed by atoms with E-state index in [-0.39, 0.29) is 0 Å². The fraction of sp³-hybridized carbons (Fsp3) is 0.231. The average molecular weight is 834 g/mol. The van der Waals surface area contributed by atoms with Crippen LogP contribution in [0.1, 0.15) is 0 Å². The monoisotopic (exact) mass is 832 g/mol. The molecule has 0 N–H and O–H groups in total. The van der Waals surface area contributed by atoms with Gasteiger partial charge in [0.25, 0.3) is 0 Å². The van der Waals surface area contributed by atoms with E-state index in [0.29, 0.717) is 0 Å². The normalized spacial score (nSPS) is 12.3. The standard InChI is InChI=1S/C52H68Si5/c1-13-37-53(9,38-14-2)45-21-29-49(30-22-45)57(50-31-23-46(24-32-50)54(10,39-15-3)40-16-4,51-33-25-47(26-34-51)55(11,41-17-5)42-18-6)52-35-27-48(28-36-52)56(12,43-19-7)44-20-8/h13-36H,1-8,37-44H2,9-12H3. The molecular formula is C52H68Si5. The van der Waals surface area contributed by atoms with Gasteiger partial charge in [-0.15, -0.1) is 52.6 Å². The summed E-state index contributed by atoms with van der Waals surface area (Å²) < 4.78 is 0. The van der Waals surface area contributed by atoms with Crippen LogP contribution in [0.2, 0.25) is 74.5 Å². The third kappa shape index (κ3) is 9.61. The van der Waals surface area contributed by atoms with Gasteiger partial charge in [0, 0.05) is 0 Å². The van der Waals surface area contributed by atoms with Gasteiger partial charge in [0.05, 0.1) is 32.3 Å². The van der Waals surface area contributed by atoms with Gasteiger partial charge in [-0.05, 0) is 69.1 Å². The number of benzene rings is 4. The van der Waals surface area contributed by atoms with Crippen LogP contribution >= 0.6 is 0 Å². The molecular weight excluding hydrogens is 765 g/mol. The van der Waals surface area contributed by atoms with Gasteiger partial charge in [-0.1, -0.05) is 193 Å². The molecule has 4 rings (SSSR count). The Hall–Kier alpha value is -4.12. The summed E-state index contributed by atoms with van der Waals surface area (Å²) in [6.45, 7) is 43.1. The van der Waals surface area contributed by atoms with Crippen LogP contribution in [0.15, 0.2) is 198 Å². The van der Waals surface area contributed by atoms with Crippen molar-refractivity contribution in [2.24, 2.45) is 0 Å². The Morgan fingerprint density at radius 3 is 0.509 bits per heavy atom. The maximum Gasteiger partial charge on any atom is 0.179 e. The van der Waals surface area contributed by atoms with Gasteiger partial charge >= 0.3 is 0 Å².